The molecule has 3 saturated carbocycles. The largest absolute Gasteiger partial charge is 0.756 e. The standard InChI is InChI=1S/C53H96NO7P/c1-10-11-12-13-14-15-16-17-18-19-20-21-22-23-24-28-50(56)60-49(40-55)51(61-62(57,58)59-38-37-54(7,8)9)43-33-35-52(5)44(39-43)29-30-45-47-32-31-46(42(4)27-25-26-41(2)3)53(47,6)36-34-48(45)52/h17-18,29,41-43,45-49,51,55H,10-16,19-28,30-40H2,1-9H3/b18-17-/t42-,43?,45?,46-,47?,48?,49?,51?,52+,53-/m1/s1. The van der Waals surface area contributed by atoms with E-state index in [2.05, 4.69) is 59.8 Å². The van der Waals surface area contributed by atoms with Crippen molar-refractivity contribution in [3.05, 3.63) is 23.8 Å². The molecule has 0 spiro atoms. The summed E-state index contributed by atoms with van der Waals surface area (Å²) in [6.45, 7) is 14.6. The number of carbonyl (C=O) groups excluding carboxylic acids is 1. The van der Waals surface area contributed by atoms with Crippen LogP contribution in [0.15, 0.2) is 23.8 Å². The highest BCUT2D eigenvalue weighted by Gasteiger charge is 2.59. The number of phosphoric ester groups is 1. The van der Waals surface area contributed by atoms with Gasteiger partial charge in [0.25, 0.3) is 7.82 Å². The van der Waals surface area contributed by atoms with Crippen molar-refractivity contribution in [2.45, 2.75) is 214 Å². The molecule has 1 N–H and O–H groups in total. The number of rotatable bonds is 30. The predicted molar refractivity (Wildman–Crippen MR) is 254 cm³/mol. The van der Waals surface area contributed by atoms with Crippen LogP contribution in [0.1, 0.15) is 202 Å². The summed E-state index contributed by atoms with van der Waals surface area (Å²) in [5.41, 5.74) is 1.88. The van der Waals surface area contributed by atoms with E-state index in [9.17, 15) is 19.4 Å². The molecule has 4 aliphatic rings. The first-order chi connectivity index (χ1) is 29.4. The van der Waals surface area contributed by atoms with Gasteiger partial charge in [-0.3, -0.25) is 9.36 Å². The number of aliphatic hydroxyl groups excluding tert-OH is 1. The Morgan fingerprint density at radius 1 is 0.887 bits per heavy atom. The van der Waals surface area contributed by atoms with E-state index in [0.717, 1.165) is 75.0 Å². The second-order valence-corrected chi connectivity index (χ2v) is 24.1. The number of fused-ring (bicyclic) bond motifs is 5. The van der Waals surface area contributed by atoms with Crippen LogP contribution < -0.4 is 4.89 Å². The van der Waals surface area contributed by atoms with E-state index in [1.807, 2.05) is 21.1 Å². The van der Waals surface area contributed by atoms with Crippen LogP contribution in [0.25, 0.3) is 0 Å². The smallest absolute Gasteiger partial charge is 0.306 e. The number of carbonyl (C=O) groups is 1. The summed E-state index contributed by atoms with van der Waals surface area (Å²) in [5, 5.41) is 10.7. The van der Waals surface area contributed by atoms with Gasteiger partial charge in [0.05, 0.1) is 27.7 Å². The fraction of sp³-hybridized carbons (Fsp3) is 0.906. The molecule has 0 bridgehead atoms. The number of phosphoric acid groups is 1. The number of quaternary nitrogens is 1. The molecule has 360 valence electrons. The Morgan fingerprint density at radius 2 is 1.55 bits per heavy atom. The van der Waals surface area contributed by atoms with Gasteiger partial charge in [0.2, 0.25) is 0 Å². The zero-order chi connectivity index (χ0) is 45.4. The van der Waals surface area contributed by atoms with Crippen molar-refractivity contribution in [3.63, 3.8) is 0 Å². The number of hydrogen-bond donors (Lipinski definition) is 1. The van der Waals surface area contributed by atoms with E-state index >= 15 is 0 Å². The SMILES string of the molecule is CCCCCCCC/C=C\CCCCCCCC(=O)OC(CO)C(OP(=O)([O-])OCC[N+](C)(C)C)C1CC[C@@]2(C)C(=CCC3C2CC[C@@]2(C)C3CC[C@@H]2[C@H](C)CCCC(C)C)C1. The molecule has 0 amide bonds. The average Bonchev–Trinajstić information content (AvgIpc) is 3.57. The van der Waals surface area contributed by atoms with Gasteiger partial charge in [-0.25, -0.2) is 0 Å². The molecule has 0 saturated heterocycles. The zero-order valence-electron chi connectivity index (χ0n) is 41.5. The Hall–Kier alpha value is -1.02. The molecule has 0 aromatic carbocycles. The third kappa shape index (κ3) is 16.1. The molecule has 9 heteroatoms. The minimum Gasteiger partial charge on any atom is -0.756 e. The number of hydrogen-bond acceptors (Lipinski definition) is 7. The van der Waals surface area contributed by atoms with Crippen LogP contribution in [0, 0.1) is 52.3 Å². The Balaban J connectivity index is 1.34. The highest BCUT2D eigenvalue weighted by Crippen LogP contribution is 2.68. The van der Waals surface area contributed by atoms with E-state index in [-0.39, 0.29) is 24.4 Å². The summed E-state index contributed by atoms with van der Waals surface area (Å²) in [5.74, 6) is 3.82. The Labute approximate surface area is 381 Å². The number of ether oxygens (including phenoxy) is 1. The van der Waals surface area contributed by atoms with Crippen molar-refractivity contribution in [2.24, 2.45) is 52.3 Å². The molecule has 7 unspecified atom stereocenters. The second-order valence-electron chi connectivity index (χ2n) is 22.7. The summed E-state index contributed by atoms with van der Waals surface area (Å²) >= 11 is 0. The Bertz CT molecular complexity index is 1420. The summed E-state index contributed by atoms with van der Waals surface area (Å²) < 4.78 is 31.3. The molecule has 0 heterocycles. The molecule has 3 fully saturated rings. The first-order valence-electron chi connectivity index (χ1n) is 26.0. The lowest BCUT2D eigenvalue weighted by Gasteiger charge is -2.59. The van der Waals surface area contributed by atoms with Crippen molar-refractivity contribution >= 4 is 13.8 Å². The van der Waals surface area contributed by atoms with Gasteiger partial charge in [-0.1, -0.05) is 136 Å². The average molecular weight is 890 g/mol. The molecular weight excluding hydrogens is 794 g/mol. The lowest BCUT2D eigenvalue weighted by atomic mass is 9.46. The van der Waals surface area contributed by atoms with E-state index in [1.54, 1.807) is 0 Å². The second kappa shape index (κ2) is 25.8. The maximum atomic E-state index is 13.5. The molecular formula is C53H96NO7P. The van der Waals surface area contributed by atoms with Crippen LogP contribution in [0.3, 0.4) is 0 Å². The Morgan fingerprint density at radius 3 is 2.19 bits per heavy atom. The lowest BCUT2D eigenvalue weighted by molar-refractivity contribution is -0.870. The number of esters is 1. The van der Waals surface area contributed by atoms with Gasteiger partial charge >= 0.3 is 5.97 Å². The van der Waals surface area contributed by atoms with Crippen molar-refractivity contribution < 1.29 is 37.6 Å². The van der Waals surface area contributed by atoms with Crippen LogP contribution in [0.5, 0.6) is 0 Å². The van der Waals surface area contributed by atoms with Gasteiger partial charge in [-0.15, -0.1) is 0 Å². The summed E-state index contributed by atoms with van der Waals surface area (Å²) in [7, 11) is 1.17. The number of nitrogens with zero attached hydrogens (tertiary/aromatic N) is 1. The molecule has 0 aliphatic heterocycles. The maximum absolute atomic E-state index is 13.5. The fourth-order valence-corrected chi connectivity index (χ4v) is 13.8. The molecule has 62 heavy (non-hydrogen) atoms. The molecule has 8 nitrogen and oxygen atoms in total. The molecule has 4 aliphatic carbocycles. The van der Waals surface area contributed by atoms with Gasteiger partial charge in [0.15, 0.2) is 6.10 Å². The van der Waals surface area contributed by atoms with E-state index in [4.69, 9.17) is 13.8 Å². The van der Waals surface area contributed by atoms with E-state index in [0.29, 0.717) is 41.1 Å². The van der Waals surface area contributed by atoms with Crippen LogP contribution in [-0.4, -0.2) is 68.7 Å². The van der Waals surface area contributed by atoms with E-state index in [1.165, 1.54) is 95.5 Å². The van der Waals surface area contributed by atoms with Gasteiger partial charge < -0.3 is 28.3 Å². The minimum atomic E-state index is -4.78. The number of allylic oxidation sites excluding steroid dienone is 4. The molecule has 11 atom stereocenters. The van der Waals surface area contributed by atoms with Crippen LogP contribution in [0.4, 0.5) is 0 Å². The monoisotopic (exact) mass is 890 g/mol. The first kappa shape index (κ1) is 53.6. The summed E-state index contributed by atoms with van der Waals surface area (Å²) in [6.07, 6.45) is 33.4. The van der Waals surface area contributed by atoms with Crippen molar-refractivity contribution in [3.8, 4) is 0 Å². The Kier molecular flexibility index (Phi) is 22.3. The highest BCUT2D eigenvalue weighted by atomic mass is 31.2. The van der Waals surface area contributed by atoms with E-state index < -0.39 is 32.6 Å². The predicted octanol–water partition coefficient (Wildman–Crippen LogP) is 13.2. The summed E-state index contributed by atoms with van der Waals surface area (Å²) in [4.78, 5) is 26.8. The van der Waals surface area contributed by atoms with Crippen LogP contribution in [0.2, 0.25) is 0 Å². The summed E-state index contributed by atoms with van der Waals surface area (Å²) in [6, 6.07) is 0. The maximum Gasteiger partial charge on any atom is 0.306 e. The number of likely N-dealkylation sites (N-methyl/N-ethyl adjacent to an activating group) is 1. The molecule has 0 aromatic heterocycles. The molecule has 0 aromatic rings. The van der Waals surface area contributed by atoms with Crippen molar-refractivity contribution in [2.75, 3.05) is 40.9 Å². The molecule has 0 radical (unpaired) electrons. The van der Waals surface area contributed by atoms with Gasteiger partial charge in [-0.05, 0) is 136 Å². The number of unbranched alkanes of at least 4 members (excludes halogenated alkanes) is 11. The first-order valence-corrected chi connectivity index (χ1v) is 27.5. The lowest BCUT2D eigenvalue weighted by Crippen LogP contribution is -2.52. The quantitative estimate of drug-likeness (QED) is 0.0252. The van der Waals surface area contributed by atoms with Crippen LogP contribution >= 0.6 is 7.82 Å². The topological polar surface area (TPSA) is 105 Å². The molecule has 4 rings (SSSR count). The third-order valence-corrected chi connectivity index (χ3v) is 17.5. The number of aliphatic hydroxyl groups is 1. The normalized spacial score (nSPS) is 30.0. The minimum absolute atomic E-state index is 0.00924. The zero-order valence-corrected chi connectivity index (χ0v) is 42.4. The van der Waals surface area contributed by atoms with Crippen molar-refractivity contribution in [1.29, 1.82) is 0 Å². The van der Waals surface area contributed by atoms with Crippen molar-refractivity contribution in [1.82, 2.24) is 0 Å². The fourth-order valence-electron chi connectivity index (χ4n) is 12.8. The van der Waals surface area contributed by atoms with Gasteiger partial charge in [-0.2, -0.15) is 0 Å². The van der Waals surface area contributed by atoms with Gasteiger partial charge in [0, 0.05) is 6.42 Å². The highest BCUT2D eigenvalue weighted by molar-refractivity contribution is 7.45. The van der Waals surface area contributed by atoms with Gasteiger partial charge in [0.1, 0.15) is 19.3 Å². The van der Waals surface area contributed by atoms with Crippen LogP contribution in [-0.2, 0) is 23.1 Å². The third-order valence-electron chi connectivity index (χ3n) is 16.5.